The fraction of sp³-hybridized carbons (Fsp3) is 0.500. The van der Waals surface area contributed by atoms with Gasteiger partial charge in [-0.25, -0.2) is 33.3 Å². The first-order valence-corrected chi connectivity index (χ1v) is 26.9. The normalized spacial score (nSPS) is 25.6. The van der Waals surface area contributed by atoms with Gasteiger partial charge in [0.1, 0.15) is 35.3 Å². The number of methoxy groups -OCH3 is 2. The number of imidazole rings is 2. The van der Waals surface area contributed by atoms with Crippen molar-refractivity contribution in [3.8, 4) is 39.5 Å². The van der Waals surface area contributed by atoms with Gasteiger partial charge in [-0.3, -0.25) is 14.2 Å². The molecular formula is C54H60F2N10O8S. The number of alkyl carbamates (subject to hydrolysis) is 2. The van der Waals surface area contributed by atoms with Crippen LogP contribution in [0.2, 0.25) is 0 Å². The van der Waals surface area contributed by atoms with Gasteiger partial charge in [0.25, 0.3) is 0 Å². The first-order valence-electron chi connectivity index (χ1n) is 26.0. The molecule has 6 aromatic rings. The van der Waals surface area contributed by atoms with Gasteiger partial charge in [-0.2, -0.15) is 0 Å². The highest BCUT2D eigenvalue weighted by atomic mass is 32.1. The summed E-state index contributed by atoms with van der Waals surface area (Å²) in [5, 5.41) is 6.38. The number of amides is 4. The Kier molecular flexibility index (Phi) is 12.5. The largest absolute Gasteiger partial charge is 0.462 e. The number of rotatable bonds is 12. The van der Waals surface area contributed by atoms with E-state index in [2.05, 4.69) is 25.6 Å². The van der Waals surface area contributed by atoms with Crippen LogP contribution < -0.4 is 15.4 Å². The summed E-state index contributed by atoms with van der Waals surface area (Å²) in [7, 11) is 2.54. The Morgan fingerprint density at radius 1 is 0.827 bits per heavy atom. The first-order chi connectivity index (χ1) is 36.2. The van der Waals surface area contributed by atoms with Gasteiger partial charge in [0.15, 0.2) is 10.8 Å². The highest BCUT2D eigenvalue weighted by Gasteiger charge is 2.57. The second kappa shape index (κ2) is 19.1. The van der Waals surface area contributed by atoms with Crippen LogP contribution in [0.1, 0.15) is 125 Å². The predicted molar refractivity (Wildman–Crippen MR) is 271 cm³/mol. The molecule has 4 aromatic heterocycles. The molecule has 0 radical (unpaired) electrons. The number of aromatic amines is 2. The summed E-state index contributed by atoms with van der Waals surface area (Å²) >= 11 is 1.51. The van der Waals surface area contributed by atoms with E-state index in [-0.39, 0.29) is 70.3 Å². The van der Waals surface area contributed by atoms with Crippen molar-refractivity contribution < 1.29 is 46.9 Å². The van der Waals surface area contributed by atoms with Gasteiger partial charge in [-0.05, 0) is 113 Å². The molecule has 394 valence electrons. The Balaban J connectivity index is 0.863. The van der Waals surface area contributed by atoms with Crippen molar-refractivity contribution in [2.75, 3.05) is 20.8 Å². The minimum absolute atomic E-state index is 0.0254. The van der Waals surface area contributed by atoms with Crippen molar-refractivity contribution in [3.63, 3.8) is 0 Å². The third-order valence-electron chi connectivity index (χ3n) is 16.1. The summed E-state index contributed by atoms with van der Waals surface area (Å²) in [6, 6.07) is 6.04. The standard InChI is InChI=1S/C54H60F2N10O8S/c1-24(2)44(62-53(69)71-5)50(67)64-13-7-8-37(64)47-57-22-35(61-47)29-17-33(55)42-40(20-29)74-52(49-59-23-41(75-49)27-9-10-27)66-36-12-11-28(16-32(36)43(56)46(42)66)34-21-58-48(60-34)39-19-30-18-38(30)65(39)51(68)45(63-54(70)72-6)31-14-25(3)73-26(4)15-31/h11-12,16-17,20-27,30-31,37-39,44-45,52H,7-10,13-15,18-19H2,1-6H3,(H,57,61)(H,58,60)(H,62,69)(H,63,70)/t25-,26+,30-,31?,37+,38-,39+,44+,45?,52?/m1/s1. The van der Waals surface area contributed by atoms with Crippen LogP contribution in [-0.4, -0.2) is 114 Å². The zero-order valence-corrected chi connectivity index (χ0v) is 43.3. The molecule has 8 heterocycles. The summed E-state index contributed by atoms with van der Waals surface area (Å²) in [5.41, 5.74) is 2.61. The maximum absolute atomic E-state index is 17.6. The molecule has 4 N–H and O–H groups in total. The second-order valence-corrected chi connectivity index (χ2v) is 22.6. The maximum Gasteiger partial charge on any atom is 0.407 e. The molecule has 3 saturated heterocycles. The number of aromatic nitrogens is 6. The molecule has 0 spiro atoms. The van der Waals surface area contributed by atoms with Gasteiger partial charge in [0.05, 0.1) is 79.1 Å². The molecule has 75 heavy (non-hydrogen) atoms. The second-order valence-electron chi connectivity index (χ2n) is 21.5. The molecule has 4 aliphatic heterocycles. The van der Waals surface area contributed by atoms with Crippen LogP contribution in [0.25, 0.3) is 44.7 Å². The molecule has 10 atom stereocenters. The Hall–Kier alpha value is -6.87. The number of ether oxygens (including phenoxy) is 4. The van der Waals surface area contributed by atoms with Crippen molar-refractivity contribution in [1.82, 2.24) is 49.9 Å². The van der Waals surface area contributed by atoms with Gasteiger partial charge >= 0.3 is 12.2 Å². The number of halogens is 2. The van der Waals surface area contributed by atoms with Crippen molar-refractivity contribution in [2.45, 2.75) is 134 Å². The summed E-state index contributed by atoms with van der Waals surface area (Å²) in [6.07, 6.45) is 8.97. The Bertz CT molecular complexity index is 3230. The number of carbonyl (C=O) groups is 4. The number of nitrogens with one attached hydrogen (secondary N) is 4. The zero-order chi connectivity index (χ0) is 52.1. The lowest BCUT2D eigenvalue weighted by molar-refractivity contribution is -0.140. The lowest BCUT2D eigenvalue weighted by atomic mass is 9.85. The maximum atomic E-state index is 17.6. The SMILES string of the molecule is COC(=O)NC(C(=O)N1[C@@H]2C[C@@H]2C[C@H]1c1ncc(-c2ccc3c(c2)c(F)c2n3C(c3ncc(C4CC4)s3)Oc3cc(-c4cnc([C@@H]5CCCN5C(=O)[C@@H](NC(=O)OC)C(C)C)[nH]4)cc(F)c3-2)[nH]1)C1C[C@@H](C)O[C@@H](C)C1. The molecule has 2 aliphatic carbocycles. The van der Waals surface area contributed by atoms with E-state index in [0.29, 0.717) is 88.8 Å². The van der Waals surface area contributed by atoms with E-state index in [4.69, 9.17) is 28.9 Å². The van der Waals surface area contributed by atoms with E-state index in [1.54, 1.807) is 40.1 Å². The van der Waals surface area contributed by atoms with E-state index in [1.807, 2.05) is 44.9 Å². The van der Waals surface area contributed by atoms with E-state index < -0.39 is 48.2 Å². The molecule has 6 aliphatic rings. The number of carbonyl (C=O) groups excluding carboxylic acids is 4. The molecular weight excluding hydrogens is 987 g/mol. The van der Waals surface area contributed by atoms with E-state index in [0.717, 1.165) is 30.6 Å². The minimum Gasteiger partial charge on any atom is -0.462 e. The van der Waals surface area contributed by atoms with Crippen LogP contribution in [-0.2, 0) is 23.8 Å². The fourth-order valence-corrected chi connectivity index (χ4v) is 13.4. The Labute approximate surface area is 435 Å². The Morgan fingerprint density at radius 2 is 1.53 bits per heavy atom. The zero-order valence-electron chi connectivity index (χ0n) is 42.5. The van der Waals surface area contributed by atoms with Crippen LogP contribution in [0, 0.1) is 29.4 Å². The number of thiazole rings is 1. The van der Waals surface area contributed by atoms with Crippen molar-refractivity contribution in [1.29, 1.82) is 0 Å². The summed E-state index contributed by atoms with van der Waals surface area (Å²) < 4.78 is 58.8. The van der Waals surface area contributed by atoms with Gasteiger partial charge < -0.3 is 49.3 Å². The van der Waals surface area contributed by atoms with Crippen molar-refractivity contribution in [3.05, 3.63) is 82.1 Å². The van der Waals surface area contributed by atoms with Crippen LogP contribution in [0.4, 0.5) is 18.4 Å². The van der Waals surface area contributed by atoms with E-state index in [1.165, 1.54) is 31.6 Å². The lowest BCUT2D eigenvalue weighted by Crippen LogP contribution is -2.55. The molecule has 3 unspecified atom stereocenters. The summed E-state index contributed by atoms with van der Waals surface area (Å²) in [6.45, 7) is 8.13. The molecule has 4 amide bonds. The number of nitrogens with zero attached hydrogens (tertiary/aromatic N) is 6. The topological polar surface area (TPSA) is 211 Å². The monoisotopic (exact) mass is 1050 g/mol. The number of fused-ring (bicyclic) bond motifs is 6. The van der Waals surface area contributed by atoms with Gasteiger partial charge in [0, 0.05) is 40.2 Å². The van der Waals surface area contributed by atoms with Crippen molar-refractivity contribution in [2.24, 2.45) is 17.8 Å². The van der Waals surface area contributed by atoms with Crippen LogP contribution in [0.3, 0.4) is 0 Å². The van der Waals surface area contributed by atoms with Gasteiger partial charge in [0.2, 0.25) is 18.0 Å². The number of benzene rings is 2. The third kappa shape index (κ3) is 8.78. The molecule has 18 nitrogen and oxygen atoms in total. The van der Waals surface area contributed by atoms with Gasteiger partial charge in [-0.1, -0.05) is 19.9 Å². The molecule has 21 heteroatoms. The highest BCUT2D eigenvalue weighted by Crippen LogP contribution is 2.55. The fourth-order valence-electron chi connectivity index (χ4n) is 12.3. The smallest absolute Gasteiger partial charge is 0.407 e. The number of piperidine rings is 1. The van der Waals surface area contributed by atoms with Gasteiger partial charge in [-0.15, -0.1) is 11.3 Å². The summed E-state index contributed by atoms with van der Waals surface area (Å²) in [5.74, 6) is -0.165. The van der Waals surface area contributed by atoms with E-state index >= 15 is 8.78 Å². The summed E-state index contributed by atoms with van der Waals surface area (Å²) in [4.78, 5) is 79.2. The minimum atomic E-state index is -0.929. The van der Waals surface area contributed by atoms with E-state index in [9.17, 15) is 19.2 Å². The first kappa shape index (κ1) is 49.0. The number of H-pyrrole nitrogens is 2. The molecule has 2 saturated carbocycles. The quantitative estimate of drug-likeness (QED) is 0.0907. The Morgan fingerprint density at radius 3 is 2.24 bits per heavy atom. The van der Waals surface area contributed by atoms with Crippen LogP contribution in [0.15, 0.2) is 48.9 Å². The highest BCUT2D eigenvalue weighted by molar-refractivity contribution is 7.11. The molecule has 12 rings (SSSR count). The molecule has 0 bridgehead atoms. The third-order valence-corrected chi connectivity index (χ3v) is 17.3. The average Bonchev–Trinajstić information content (AvgIpc) is 3.86. The number of hydrogen-bond acceptors (Lipinski definition) is 12. The van der Waals surface area contributed by atoms with Crippen LogP contribution >= 0.6 is 11.3 Å². The van der Waals surface area contributed by atoms with Crippen LogP contribution in [0.5, 0.6) is 5.75 Å². The van der Waals surface area contributed by atoms with Crippen molar-refractivity contribution >= 4 is 46.2 Å². The number of hydrogen-bond donors (Lipinski definition) is 4. The molecule has 5 fully saturated rings. The average molecular weight is 1050 g/mol. The number of likely N-dealkylation sites (tertiary alicyclic amines) is 2. The lowest BCUT2D eigenvalue weighted by Gasteiger charge is -2.38. The predicted octanol–water partition coefficient (Wildman–Crippen LogP) is 9.27. The molecule has 2 aromatic carbocycles.